The van der Waals surface area contributed by atoms with Gasteiger partial charge in [-0.25, -0.2) is 4.79 Å². The van der Waals surface area contributed by atoms with E-state index in [0.717, 1.165) is 0 Å². The van der Waals surface area contributed by atoms with Gasteiger partial charge in [0.15, 0.2) is 0 Å². The highest BCUT2D eigenvalue weighted by Crippen LogP contribution is 2.45. The number of hydrogen-bond donors (Lipinski definition) is 0. The van der Waals surface area contributed by atoms with Gasteiger partial charge in [-0.1, -0.05) is 13.8 Å². The lowest BCUT2D eigenvalue weighted by Crippen LogP contribution is -2.13. The molecule has 21 heavy (non-hydrogen) atoms. The predicted octanol–water partition coefficient (Wildman–Crippen LogP) is 3.40. The number of carbonyl (C=O) groups is 1. The Balaban J connectivity index is 2.44. The monoisotopic (exact) mass is 317 g/mol. The second-order valence-corrected chi connectivity index (χ2v) is 7.09. The van der Waals surface area contributed by atoms with E-state index in [1.165, 1.54) is 24.3 Å². The van der Waals surface area contributed by atoms with Crippen molar-refractivity contribution >= 4 is 19.2 Å². The second-order valence-electron chi connectivity index (χ2n) is 3.94. The van der Waals surface area contributed by atoms with Crippen molar-refractivity contribution in [1.29, 1.82) is 0 Å². The lowest BCUT2D eigenvalue weighted by Gasteiger charge is -2.14. The summed E-state index contributed by atoms with van der Waals surface area (Å²) in [6, 6.07) is 4.93. The van der Waals surface area contributed by atoms with Crippen LogP contribution in [0.3, 0.4) is 0 Å². The van der Waals surface area contributed by atoms with E-state index in [1.54, 1.807) is 13.8 Å². The van der Waals surface area contributed by atoms with E-state index in [-0.39, 0.29) is 11.4 Å². The zero-order valence-electron chi connectivity index (χ0n) is 11.7. The van der Waals surface area contributed by atoms with E-state index in [0.29, 0.717) is 12.3 Å². The molecule has 0 heterocycles. The quantitative estimate of drug-likeness (QED) is 0.189. The lowest BCUT2D eigenvalue weighted by molar-refractivity contribution is -0.384. The SMILES string of the molecule is CCP(=O)(CC)OCOC(=O)Oc1ccc([N+](=O)[O-])cc1. The van der Waals surface area contributed by atoms with E-state index in [9.17, 15) is 19.5 Å². The van der Waals surface area contributed by atoms with Gasteiger partial charge in [0.05, 0.1) is 4.92 Å². The number of hydrogen-bond acceptors (Lipinski definition) is 7. The summed E-state index contributed by atoms with van der Waals surface area (Å²) in [5.41, 5.74) is -0.120. The van der Waals surface area contributed by atoms with Gasteiger partial charge < -0.3 is 9.47 Å². The third-order valence-electron chi connectivity index (χ3n) is 2.68. The molecular formula is C12H16NO7P. The van der Waals surface area contributed by atoms with E-state index >= 15 is 0 Å². The fraction of sp³-hybridized carbons (Fsp3) is 0.417. The van der Waals surface area contributed by atoms with Gasteiger partial charge in [-0.2, -0.15) is 0 Å². The lowest BCUT2D eigenvalue weighted by atomic mass is 10.3. The molecule has 1 rings (SSSR count). The fourth-order valence-electron chi connectivity index (χ4n) is 1.34. The molecule has 0 amide bonds. The van der Waals surface area contributed by atoms with Crippen LogP contribution in [0.5, 0.6) is 5.75 Å². The zero-order chi connectivity index (χ0) is 15.9. The van der Waals surface area contributed by atoms with Crippen LogP contribution in [0.2, 0.25) is 0 Å². The van der Waals surface area contributed by atoms with Gasteiger partial charge >= 0.3 is 6.16 Å². The summed E-state index contributed by atoms with van der Waals surface area (Å²) in [5.74, 6) is 0.0970. The number of nitro groups is 1. The Morgan fingerprint density at radius 3 is 2.29 bits per heavy atom. The molecule has 116 valence electrons. The maximum Gasteiger partial charge on any atom is 0.515 e. The summed E-state index contributed by atoms with van der Waals surface area (Å²) in [6.45, 7) is 2.98. The van der Waals surface area contributed by atoms with Crippen LogP contribution in [-0.2, 0) is 13.8 Å². The second kappa shape index (κ2) is 7.75. The minimum atomic E-state index is -2.75. The first-order valence-electron chi connectivity index (χ1n) is 6.22. The van der Waals surface area contributed by atoms with Crippen molar-refractivity contribution in [2.24, 2.45) is 0 Å². The molecule has 1 aromatic rings. The highest BCUT2D eigenvalue weighted by atomic mass is 31.2. The number of ether oxygens (including phenoxy) is 2. The van der Waals surface area contributed by atoms with Crippen LogP contribution < -0.4 is 4.74 Å². The highest BCUT2D eigenvalue weighted by Gasteiger charge is 2.18. The molecule has 0 saturated carbocycles. The van der Waals surface area contributed by atoms with Gasteiger partial charge in [0.1, 0.15) is 5.75 Å². The van der Waals surface area contributed by atoms with E-state index in [4.69, 9.17) is 9.26 Å². The Labute approximate surface area is 121 Å². The van der Waals surface area contributed by atoms with Crippen molar-refractivity contribution in [2.75, 3.05) is 19.1 Å². The Morgan fingerprint density at radius 2 is 1.81 bits per heavy atom. The minimum Gasteiger partial charge on any atom is -0.406 e. The molecule has 0 radical (unpaired) electrons. The third-order valence-corrected chi connectivity index (χ3v) is 5.18. The van der Waals surface area contributed by atoms with Gasteiger partial charge in [0.25, 0.3) is 5.69 Å². The van der Waals surface area contributed by atoms with Crippen LogP contribution in [0.4, 0.5) is 10.5 Å². The molecule has 1 aromatic carbocycles. The summed E-state index contributed by atoms with van der Waals surface area (Å²) in [5, 5.41) is 10.5. The van der Waals surface area contributed by atoms with Crippen LogP contribution in [0.15, 0.2) is 24.3 Å². The van der Waals surface area contributed by atoms with Crippen LogP contribution in [-0.4, -0.2) is 30.2 Å². The van der Waals surface area contributed by atoms with Crippen LogP contribution in [0.1, 0.15) is 13.8 Å². The third kappa shape index (κ3) is 5.53. The highest BCUT2D eigenvalue weighted by molar-refractivity contribution is 7.58. The molecule has 0 saturated heterocycles. The molecule has 8 nitrogen and oxygen atoms in total. The minimum absolute atomic E-state index is 0.0970. The Hall–Kier alpha value is -1.92. The Morgan fingerprint density at radius 1 is 1.24 bits per heavy atom. The average Bonchev–Trinajstić information content (AvgIpc) is 2.47. The molecular weight excluding hydrogens is 301 g/mol. The zero-order valence-corrected chi connectivity index (χ0v) is 12.6. The first kappa shape index (κ1) is 17.1. The van der Waals surface area contributed by atoms with E-state index < -0.39 is 25.2 Å². The molecule has 0 aliphatic carbocycles. The maximum absolute atomic E-state index is 11.9. The van der Waals surface area contributed by atoms with E-state index in [2.05, 4.69) is 4.74 Å². The molecule has 0 aliphatic rings. The van der Waals surface area contributed by atoms with Gasteiger partial charge in [0.2, 0.25) is 14.2 Å². The standard InChI is InChI=1S/C12H16NO7P/c1-3-21(17,4-2)19-9-18-12(14)20-11-7-5-10(6-8-11)13(15)16/h5-8H,3-4,9H2,1-2H3. The molecule has 0 fully saturated rings. The van der Waals surface area contributed by atoms with Crippen molar-refractivity contribution in [1.82, 2.24) is 0 Å². The smallest absolute Gasteiger partial charge is 0.406 e. The molecule has 0 atom stereocenters. The van der Waals surface area contributed by atoms with Gasteiger partial charge in [-0.15, -0.1) is 0 Å². The maximum atomic E-state index is 11.9. The molecule has 0 spiro atoms. The van der Waals surface area contributed by atoms with Crippen molar-refractivity contribution in [2.45, 2.75) is 13.8 Å². The number of carbonyl (C=O) groups excluding carboxylic acids is 1. The van der Waals surface area contributed by atoms with Gasteiger partial charge in [-0.05, 0) is 12.1 Å². The fourth-order valence-corrected chi connectivity index (χ4v) is 2.40. The van der Waals surface area contributed by atoms with Crippen LogP contribution >= 0.6 is 7.37 Å². The summed E-state index contributed by atoms with van der Waals surface area (Å²) < 4.78 is 26.3. The predicted molar refractivity (Wildman–Crippen MR) is 74.8 cm³/mol. The number of nitro benzene ring substituents is 1. The van der Waals surface area contributed by atoms with Crippen LogP contribution in [0, 0.1) is 10.1 Å². The molecule has 0 unspecified atom stereocenters. The summed E-state index contributed by atoms with van der Waals surface area (Å²) in [6.07, 6.45) is -0.336. The number of rotatable bonds is 7. The van der Waals surface area contributed by atoms with Crippen LogP contribution in [0.25, 0.3) is 0 Å². The average molecular weight is 317 g/mol. The van der Waals surface area contributed by atoms with Gasteiger partial charge in [0, 0.05) is 24.5 Å². The number of non-ortho nitro benzene ring substituents is 1. The molecule has 0 aromatic heterocycles. The number of benzene rings is 1. The first-order valence-corrected chi connectivity index (χ1v) is 8.21. The summed E-state index contributed by atoms with van der Waals surface area (Å²) in [7, 11) is -2.75. The van der Waals surface area contributed by atoms with Crippen molar-refractivity contribution < 1.29 is 28.3 Å². The van der Waals surface area contributed by atoms with E-state index in [1.807, 2.05) is 0 Å². The molecule has 0 N–H and O–H groups in total. The molecule has 0 bridgehead atoms. The summed E-state index contributed by atoms with van der Waals surface area (Å²) in [4.78, 5) is 21.2. The summed E-state index contributed by atoms with van der Waals surface area (Å²) >= 11 is 0. The topological polar surface area (TPSA) is 105 Å². The van der Waals surface area contributed by atoms with Gasteiger partial charge in [-0.3, -0.25) is 19.2 Å². The van der Waals surface area contributed by atoms with Crippen molar-refractivity contribution in [3.8, 4) is 5.75 Å². The van der Waals surface area contributed by atoms with Crippen molar-refractivity contribution in [3.63, 3.8) is 0 Å². The largest absolute Gasteiger partial charge is 0.515 e. The Bertz CT molecular complexity index is 535. The van der Waals surface area contributed by atoms with Crippen molar-refractivity contribution in [3.05, 3.63) is 34.4 Å². The first-order chi connectivity index (χ1) is 9.90. The molecule has 9 heteroatoms. The molecule has 0 aliphatic heterocycles. The Kier molecular flexibility index (Phi) is 6.33. The normalized spacial score (nSPS) is 11.0. The number of nitrogens with zero attached hydrogens (tertiary/aromatic N) is 1.